The first-order chi connectivity index (χ1) is 8.96. The van der Waals surface area contributed by atoms with Crippen LogP contribution in [0, 0.1) is 11.8 Å². The molecular formula is C13H21N3O2S. The number of nitrogens with one attached hydrogen (secondary N) is 1. The molecule has 5 nitrogen and oxygen atoms in total. The predicted molar refractivity (Wildman–Crippen MR) is 75.5 cm³/mol. The van der Waals surface area contributed by atoms with Crippen molar-refractivity contribution in [2.45, 2.75) is 25.2 Å². The van der Waals surface area contributed by atoms with Crippen molar-refractivity contribution in [2.24, 2.45) is 11.8 Å². The molecule has 2 rings (SSSR count). The lowest BCUT2D eigenvalue weighted by atomic mass is 9.90. The van der Waals surface area contributed by atoms with Crippen LogP contribution in [0.5, 0.6) is 0 Å². The minimum atomic E-state index is -3.45. The lowest BCUT2D eigenvalue weighted by Crippen LogP contribution is -2.42. The number of nitrogens with zero attached hydrogens (tertiary/aromatic N) is 2. The third-order valence-corrected chi connectivity index (χ3v) is 5.82. The van der Waals surface area contributed by atoms with Gasteiger partial charge >= 0.3 is 0 Å². The Labute approximate surface area is 115 Å². The number of hydrogen-bond donors (Lipinski definition) is 1. The van der Waals surface area contributed by atoms with E-state index in [1.165, 1.54) is 0 Å². The lowest BCUT2D eigenvalue weighted by Gasteiger charge is -2.34. The smallest absolute Gasteiger partial charge is 0.246 e. The zero-order chi connectivity index (χ0) is 14.0. The molecule has 2 atom stereocenters. The molecule has 2 unspecified atom stereocenters. The zero-order valence-corrected chi connectivity index (χ0v) is 12.4. The van der Waals surface area contributed by atoms with E-state index in [1.807, 2.05) is 0 Å². The van der Waals surface area contributed by atoms with E-state index < -0.39 is 10.0 Å². The summed E-state index contributed by atoms with van der Waals surface area (Å²) in [6, 6.07) is 3.26. The molecule has 0 saturated carbocycles. The van der Waals surface area contributed by atoms with E-state index >= 15 is 0 Å². The Morgan fingerprint density at radius 2 is 2.11 bits per heavy atom. The summed E-state index contributed by atoms with van der Waals surface area (Å²) in [6.07, 6.45) is 2.50. The predicted octanol–water partition coefficient (Wildman–Crippen LogP) is 1.79. The van der Waals surface area contributed by atoms with Crippen LogP contribution in [0.1, 0.15) is 20.3 Å². The second-order valence-corrected chi connectivity index (χ2v) is 7.11. The number of sulfonamides is 1. The maximum Gasteiger partial charge on any atom is 0.246 e. The van der Waals surface area contributed by atoms with Crippen molar-refractivity contribution in [1.29, 1.82) is 0 Å². The van der Waals surface area contributed by atoms with Gasteiger partial charge in [-0.3, -0.25) is 0 Å². The van der Waals surface area contributed by atoms with Gasteiger partial charge < -0.3 is 5.32 Å². The van der Waals surface area contributed by atoms with Gasteiger partial charge in [-0.15, -0.1) is 0 Å². The second kappa shape index (κ2) is 5.46. The zero-order valence-electron chi connectivity index (χ0n) is 11.6. The summed E-state index contributed by atoms with van der Waals surface area (Å²) < 4.78 is 26.9. The maximum absolute atomic E-state index is 12.7. The monoisotopic (exact) mass is 283 g/mol. The van der Waals surface area contributed by atoms with Crippen molar-refractivity contribution >= 4 is 15.8 Å². The molecule has 0 aliphatic carbocycles. The van der Waals surface area contributed by atoms with E-state index in [-0.39, 0.29) is 4.90 Å². The minimum Gasteiger partial charge on any atom is -0.372 e. The van der Waals surface area contributed by atoms with Crippen molar-refractivity contribution < 1.29 is 8.42 Å². The van der Waals surface area contributed by atoms with Crippen LogP contribution in [0.3, 0.4) is 0 Å². The Kier molecular flexibility index (Phi) is 4.10. The molecule has 0 radical (unpaired) electrons. The number of hydrogen-bond acceptors (Lipinski definition) is 4. The highest BCUT2D eigenvalue weighted by atomic mass is 32.2. The van der Waals surface area contributed by atoms with Crippen molar-refractivity contribution in [3.63, 3.8) is 0 Å². The Morgan fingerprint density at radius 3 is 2.74 bits per heavy atom. The summed E-state index contributed by atoms with van der Waals surface area (Å²) in [5.74, 6) is 1.37. The molecular weight excluding hydrogens is 262 g/mol. The Balaban J connectivity index is 2.32. The molecule has 0 spiro atoms. The van der Waals surface area contributed by atoms with E-state index in [1.54, 1.807) is 29.7 Å². The van der Waals surface area contributed by atoms with E-state index in [2.05, 4.69) is 24.1 Å². The highest BCUT2D eigenvalue weighted by Crippen LogP contribution is 2.29. The SMILES string of the molecule is CNc1ncccc1S(=O)(=O)N1CCC(C)C(C)C1. The van der Waals surface area contributed by atoms with E-state index in [4.69, 9.17) is 0 Å². The Bertz CT molecular complexity index is 545. The number of rotatable bonds is 3. The average Bonchev–Trinajstić information content (AvgIpc) is 2.41. The van der Waals surface area contributed by atoms with Crippen LogP contribution in [-0.4, -0.2) is 37.8 Å². The number of anilines is 1. The van der Waals surface area contributed by atoms with Crippen LogP contribution in [0.4, 0.5) is 5.82 Å². The third-order valence-electron chi connectivity index (χ3n) is 3.92. The fraction of sp³-hybridized carbons (Fsp3) is 0.615. The molecule has 1 aromatic heterocycles. The number of piperidine rings is 1. The quantitative estimate of drug-likeness (QED) is 0.918. The first kappa shape index (κ1) is 14.3. The second-order valence-electron chi connectivity index (χ2n) is 5.21. The molecule has 1 aliphatic rings. The van der Waals surface area contributed by atoms with Gasteiger partial charge in [0, 0.05) is 26.3 Å². The summed E-state index contributed by atoms with van der Waals surface area (Å²) in [4.78, 5) is 4.34. The molecule has 1 saturated heterocycles. The lowest BCUT2D eigenvalue weighted by molar-refractivity contribution is 0.212. The standard InChI is InChI=1S/C13H21N3O2S/c1-10-6-8-16(9-11(10)2)19(17,18)12-5-4-7-15-13(12)14-3/h4-5,7,10-11H,6,8-9H2,1-3H3,(H,14,15). The van der Waals surface area contributed by atoms with Crippen LogP contribution in [0.2, 0.25) is 0 Å². The highest BCUT2D eigenvalue weighted by Gasteiger charge is 2.33. The molecule has 1 aliphatic heterocycles. The molecule has 2 heterocycles. The minimum absolute atomic E-state index is 0.263. The maximum atomic E-state index is 12.7. The van der Waals surface area contributed by atoms with Gasteiger partial charge in [0.1, 0.15) is 10.7 Å². The van der Waals surface area contributed by atoms with Gasteiger partial charge in [0.05, 0.1) is 0 Å². The van der Waals surface area contributed by atoms with Crippen LogP contribution < -0.4 is 5.32 Å². The van der Waals surface area contributed by atoms with Gasteiger partial charge in [-0.1, -0.05) is 13.8 Å². The molecule has 1 aromatic rings. The normalized spacial score (nSPS) is 25.2. The fourth-order valence-corrected chi connectivity index (χ4v) is 4.07. The van der Waals surface area contributed by atoms with Crippen molar-refractivity contribution in [3.05, 3.63) is 18.3 Å². The van der Waals surface area contributed by atoms with E-state index in [9.17, 15) is 8.42 Å². The molecule has 1 fully saturated rings. The van der Waals surface area contributed by atoms with Crippen LogP contribution in [-0.2, 0) is 10.0 Å². The first-order valence-corrected chi connectivity index (χ1v) is 8.03. The summed E-state index contributed by atoms with van der Waals surface area (Å²) in [5.41, 5.74) is 0. The van der Waals surface area contributed by atoms with Gasteiger partial charge in [-0.2, -0.15) is 4.31 Å². The first-order valence-electron chi connectivity index (χ1n) is 6.59. The summed E-state index contributed by atoms with van der Waals surface area (Å²) in [7, 11) is -1.77. The van der Waals surface area contributed by atoms with Gasteiger partial charge in [0.25, 0.3) is 0 Å². The topological polar surface area (TPSA) is 62.3 Å². The molecule has 0 aromatic carbocycles. The molecule has 106 valence electrons. The third kappa shape index (κ3) is 2.74. The molecule has 1 N–H and O–H groups in total. The molecule has 6 heteroatoms. The number of pyridine rings is 1. The van der Waals surface area contributed by atoms with Crippen LogP contribution in [0.15, 0.2) is 23.2 Å². The van der Waals surface area contributed by atoms with Crippen molar-refractivity contribution in [1.82, 2.24) is 9.29 Å². The molecule has 0 amide bonds. The van der Waals surface area contributed by atoms with Gasteiger partial charge in [0.2, 0.25) is 10.0 Å². The average molecular weight is 283 g/mol. The van der Waals surface area contributed by atoms with Gasteiger partial charge in [-0.05, 0) is 30.4 Å². The Hall–Kier alpha value is -1.14. The van der Waals surface area contributed by atoms with Gasteiger partial charge in [-0.25, -0.2) is 13.4 Å². The molecule has 0 bridgehead atoms. The largest absolute Gasteiger partial charge is 0.372 e. The van der Waals surface area contributed by atoms with Crippen molar-refractivity contribution in [3.8, 4) is 0 Å². The number of aromatic nitrogens is 1. The molecule has 19 heavy (non-hydrogen) atoms. The summed E-state index contributed by atoms with van der Waals surface area (Å²) in [6.45, 7) is 5.46. The Morgan fingerprint density at radius 1 is 1.37 bits per heavy atom. The fourth-order valence-electron chi connectivity index (χ4n) is 2.37. The van der Waals surface area contributed by atoms with Gasteiger partial charge in [0.15, 0.2) is 0 Å². The van der Waals surface area contributed by atoms with Crippen LogP contribution in [0.25, 0.3) is 0 Å². The van der Waals surface area contributed by atoms with E-state index in [0.29, 0.717) is 30.7 Å². The van der Waals surface area contributed by atoms with Crippen LogP contribution >= 0.6 is 0 Å². The summed E-state index contributed by atoms with van der Waals surface area (Å²) >= 11 is 0. The summed E-state index contributed by atoms with van der Waals surface area (Å²) in [5, 5.41) is 2.84. The highest BCUT2D eigenvalue weighted by molar-refractivity contribution is 7.89. The van der Waals surface area contributed by atoms with E-state index in [0.717, 1.165) is 6.42 Å². The van der Waals surface area contributed by atoms with Crippen molar-refractivity contribution in [2.75, 3.05) is 25.5 Å².